The summed E-state index contributed by atoms with van der Waals surface area (Å²) in [4.78, 5) is 11.4. The zero-order chi connectivity index (χ0) is 11.3. The van der Waals surface area contributed by atoms with Crippen LogP contribution in [0.5, 0.6) is 0 Å². The van der Waals surface area contributed by atoms with Gasteiger partial charge in [-0.15, -0.1) is 6.58 Å². The van der Waals surface area contributed by atoms with Gasteiger partial charge in [0.1, 0.15) is 0 Å². The topological polar surface area (TPSA) is 29.1 Å². The molecule has 0 saturated carbocycles. The molecule has 2 heteroatoms. The van der Waals surface area contributed by atoms with E-state index in [0.29, 0.717) is 5.57 Å². The van der Waals surface area contributed by atoms with Crippen LogP contribution in [-0.4, -0.2) is 5.91 Å². The Labute approximate surface area is 90.3 Å². The van der Waals surface area contributed by atoms with Gasteiger partial charge in [-0.3, -0.25) is 4.79 Å². The van der Waals surface area contributed by atoms with Crippen molar-refractivity contribution in [3.63, 3.8) is 0 Å². The van der Waals surface area contributed by atoms with Gasteiger partial charge in [-0.05, 0) is 12.5 Å². The fraction of sp³-hybridized carbons (Fsp3) is 0.154. The molecule has 0 saturated heterocycles. The molecule has 0 heterocycles. The van der Waals surface area contributed by atoms with Gasteiger partial charge in [0.25, 0.3) is 0 Å². The lowest BCUT2D eigenvalue weighted by atomic mass is 10.1. The molecular formula is C13H15NO. The summed E-state index contributed by atoms with van der Waals surface area (Å²) in [6, 6.07) is 9.54. The molecule has 78 valence electrons. The van der Waals surface area contributed by atoms with Crippen molar-refractivity contribution in [3.8, 4) is 0 Å². The van der Waals surface area contributed by atoms with E-state index in [4.69, 9.17) is 0 Å². The van der Waals surface area contributed by atoms with Crippen molar-refractivity contribution in [2.24, 2.45) is 0 Å². The number of hydrogen-bond donors (Lipinski definition) is 1. The number of rotatable bonds is 4. The van der Waals surface area contributed by atoms with Gasteiger partial charge in [0.05, 0.1) is 6.04 Å². The third-order valence-corrected chi connectivity index (χ3v) is 2.07. The highest BCUT2D eigenvalue weighted by Gasteiger charge is 2.10. The molecule has 1 atom stereocenters. The van der Waals surface area contributed by atoms with Crippen molar-refractivity contribution in [1.29, 1.82) is 0 Å². The fourth-order valence-corrected chi connectivity index (χ4v) is 1.20. The van der Waals surface area contributed by atoms with E-state index in [-0.39, 0.29) is 11.9 Å². The Kier molecular flexibility index (Phi) is 3.86. The summed E-state index contributed by atoms with van der Waals surface area (Å²) >= 11 is 0. The highest BCUT2D eigenvalue weighted by molar-refractivity contribution is 5.92. The lowest BCUT2D eigenvalue weighted by Gasteiger charge is -2.14. The lowest BCUT2D eigenvalue weighted by molar-refractivity contribution is -0.117. The van der Waals surface area contributed by atoms with Crippen LogP contribution in [0, 0.1) is 0 Å². The van der Waals surface area contributed by atoms with Crippen molar-refractivity contribution in [1.82, 2.24) is 5.32 Å². The van der Waals surface area contributed by atoms with Crippen LogP contribution in [0.4, 0.5) is 0 Å². The molecule has 0 aliphatic heterocycles. The van der Waals surface area contributed by atoms with E-state index in [0.717, 1.165) is 5.56 Å². The number of hydrogen-bond acceptors (Lipinski definition) is 1. The van der Waals surface area contributed by atoms with E-state index >= 15 is 0 Å². The number of amides is 1. The molecule has 1 N–H and O–H groups in total. The normalized spacial score (nSPS) is 11.5. The summed E-state index contributed by atoms with van der Waals surface area (Å²) in [5.74, 6) is -0.149. The summed E-state index contributed by atoms with van der Waals surface area (Å²) in [6.07, 6.45) is 1.70. The highest BCUT2D eigenvalue weighted by atomic mass is 16.1. The summed E-state index contributed by atoms with van der Waals surface area (Å²) < 4.78 is 0. The van der Waals surface area contributed by atoms with Gasteiger partial charge in [0.2, 0.25) is 5.91 Å². The van der Waals surface area contributed by atoms with Crippen molar-refractivity contribution in [2.45, 2.75) is 13.0 Å². The number of benzene rings is 1. The minimum Gasteiger partial charge on any atom is -0.342 e. The average Bonchev–Trinajstić information content (AvgIpc) is 2.26. The molecule has 15 heavy (non-hydrogen) atoms. The van der Waals surface area contributed by atoms with Crippen molar-refractivity contribution in [2.75, 3.05) is 0 Å². The molecule has 0 aliphatic rings. The van der Waals surface area contributed by atoms with E-state index in [1.807, 2.05) is 30.3 Å². The van der Waals surface area contributed by atoms with Gasteiger partial charge in [-0.2, -0.15) is 0 Å². The van der Waals surface area contributed by atoms with Gasteiger partial charge in [0, 0.05) is 5.57 Å². The van der Waals surface area contributed by atoms with E-state index in [1.165, 1.54) is 0 Å². The molecule has 0 aliphatic carbocycles. The minimum atomic E-state index is -0.157. The Morgan fingerprint density at radius 1 is 1.40 bits per heavy atom. The van der Waals surface area contributed by atoms with Gasteiger partial charge in [0.15, 0.2) is 0 Å². The van der Waals surface area contributed by atoms with E-state index in [9.17, 15) is 4.79 Å². The molecule has 2 nitrogen and oxygen atoms in total. The molecule has 1 unspecified atom stereocenters. The number of carbonyl (C=O) groups is 1. The molecule has 0 spiro atoms. The highest BCUT2D eigenvalue weighted by Crippen LogP contribution is 2.13. The maximum absolute atomic E-state index is 11.4. The first-order valence-corrected chi connectivity index (χ1v) is 4.79. The molecule has 0 aromatic heterocycles. The maximum atomic E-state index is 11.4. The van der Waals surface area contributed by atoms with Crippen LogP contribution in [0.1, 0.15) is 18.5 Å². The molecule has 0 bridgehead atoms. The first-order valence-electron chi connectivity index (χ1n) is 4.79. The van der Waals surface area contributed by atoms with Crippen molar-refractivity contribution in [3.05, 3.63) is 60.7 Å². The predicted octanol–water partition coefficient (Wildman–Crippen LogP) is 2.61. The van der Waals surface area contributed by atoms with Crippen molar-refractivity contribution < 1.29 is 4.79 Å². The molecule has 1 aromatic carbocycles. The molecule has 1 amide bonds. The number of carbonyl (C=O) groups excluding carboxylic acids is 1. The third-order valence-electron chi connectivity index (χ3n) is 2.07. The third kappa shape index (κ3) is 3.09. The quantitative estimate of drug-likeness (QED) is 0.588. The zero-order valence-corrected chi connectivity index (χ0v) is 8.86. The van der Waals surface area contributed by atoms with Crippen LogP contribution >= 0.6 is 0 Å². The van der Waals surface area contributed by atoms with Crippen LogP contribution in [0.15, 0.2) is 55.1 Å². The standard InChI is InChI=1S/C13H15NO/c1-4-12(14-13(15)10(2)3)11-8-6-5-7-9-11/h4-9,12H,1-2H2,3H3,(H,14,15). The monoisotopic (exact) mass is 201 g/mol. The molecule has 1 aromatic rings. The predicted molar refractivity (Wildman–Crippen MR) is 62.3 cm³/mol. The fourth-order valence-electron chi connectivity index (χ4n) is 1.20. The van der Waals surface area contributed by atoms with Crippen LogP contribution in [0.3, 0.4) is 0 Å². The molecule has 0 radical (unpaired) electrons. The van der Waals surface area contributed by atoms with Gasteiger partial charge >= 0.3 is 0 Å². The van der Waals surface area contributed by atoms with Gasteiger partial charge < -0.3 is 5.32 Å². The van der Waals surface area contributed by atoms with Gasteiger partial charge in [-0.1, -0.05) is 43.0 Å². The first kappa shape index (κ1) is 11.2. The zero-order valence-electron chi connectivity index (χ0n) is 8.86. The van der Waals surface area contributed by atoms with E-state index in [1.54, 1.807) is 13.0 Å². The second-order valence-corrected chi connectivity index (χ2v) is 3.38. The SMILES string of the molecule is C=CC(NC(=O)C(=C)C)c1ccccc1. The summed E-state index contributed by atoms with van der Waals surface area (Å²) in [5, 5.41) is 2.83. The summed E-state index contributed by atoms with van der Waals surface area (Å²) in [7, 11) is 0. The molecule has 1 rings (SSSR count). The van der Waals surface area contributed by atoms with Crippen LogP contribution in [-0.2, 0) is 4.79 Å². The largest absolute Gasteiger partial charge is 0.342 e. The first-order chi connectivity index (χ1) is 7.15. The lowest BCUT2D eigenvalue weighted by Crippen LogP contribution is -2.27. The van der Waals surface area contributed by atoms with Crippen LogP contribution < -0.4 is 5.32 Å². The summed E-state index contributed by atoms with van der Waals surface area (Å²) in [6.45, 7) is 8.98. The second-order valence-electron chi connectivity index (χ2n) is 3.38. The maximum Gasteiger partial charge on any atom is 0.247 e. The van der Waals surface area contributed by atoms with Gasteiger partial charge in [-0.25, -0.2) is 0 Å². The Balaban J connectivity index is 2.78. The van der Waals surface area contributed by atoms with E-state index in [2.05, 4.69) is 18.5 Å². The number of nitrogens with one attached hydrogen (secondary N) is 1. The summed E-state index contributed by atoms with van der Waals surface area (Å²) in [5.41, 5.74) is 1.51. The molecule has 0 fully saturated rings. The van der Waals surface area contributed by atoms with Crippen LogP contribution in [0.25, 0.3) is 0 Å². The average molecular weight is 201 g/mol. The minimum absolute atomic E-state index is 0.149. The van der Waals surface area contributed by atoms with Crippen LogP contribution in [0.2, 0.25) is 0 Å². The van der Waals surface area contributed by atoms with Crippen molar-refractivity contribution >= 4 is 5.91 Å². The Hall–Kier alpha value is -1.83. The molecular weight excluding hydrogens is 186 g/mol. The Morgan fingerprint density at radius 2 is 2.00 bits per heavy atom. The van der Waals surface area contributed by atoms with E-state index < -0.39 is 0 Å². The second kappa shape index (κ2) is 5.15. The Morgan fingerprint density at radius 3 is 2.47 bits per heavy atom. The smallest absolute Gasteiger partial charge is 0.247 e. The Bertz CT molecular complexity index is 367.